The fourth-order valence-corrected chi connectivity index (χ4v) is 1.04. The van der Waals surface area contributed by atoms with Gasteiger partial charge in [0.15, 0.2) is 0 Å². The van der Waals surface area contributed by atoms with Crippen LogP contribution >= 0.6 is 0 Å². The molecule has 0 N–H and O–H groups in total. The van der Waals surface area contributed by atoms with Crippen LogP contribution < -0.4 is 4.90 Å². The van der Waals surface area contributed by atoms with Gasteiger partial charge in [-0.1, -0.05) is 18.2 Å². The summed E-state index contributed by atoms with van der Waals surface area (Å²) < 4.78 is 0. The van der Waals surface area contributed by atoms with Gasteiger partial charge in [-0.05, 0) is 67.8 Å². The van der Waals surface area contributed by atoms with Gasteiger partial charge in [0.25, 0.3) is 0 Å². The highest BCUT2D eigenvalue weighted by Gasteiger charge is 2.16. The lowest BCUT2D eigenvalue weighted by atomic mass is 10.1. The van der Waals surface area contributed by atoms with Crippen molar-refractivity contribution in [3.8, 4) is 0 Å². The molecule has 2 heteroatoms. The first-order valence-corrected chi connectivity index (χ1v) is 6.92. The maximum Gasteiger partial charge on any atom is 0.0367 e. The minimum Gasteiger partial charge on any atom is -0.370 e. The molecule has 0 aliphatic heterocycles. The molecule has 110 valence electrons. The molecule has 2 nitrogen and oxygen atoms in total. The lowest BCUT2D eigenvalue weighted by molar-refractivity contribution is 0.219. The van der Waals surface area contributed by atoms with E-state index in [-0.39, 0.29) is 5.54 Å². The molecule has 0 amide bonds. The Morgan fingerprint density at radius 3 is 1.32 bits per heavy atom. The van der Waals surface area contributed by atoms with Crippen molar-refractivity contribution >= 4 is 5.69 Å². The molecule has 0 atom stereocenters. The summed E-state index contributed by atoms with van der Waals surface area (Å²) in [4.78, 5) is 4.46. The topological polar surface area (TPSA) is 6.48 Å². The van der Waals surface area contributed by atoms with Gasteiger partial charge in [0.1, 0.15) is 0 Å². The van der Waals surface area contributed by atoms with E-state index in [2.05, 4.69) is 96.8 Å². The quantitative estimate of drug-likeness (QED) is 0.747. The zero-order chi connectivity index (χ0) is 15.3. The standard InChI is InChI=1S/C11H17N.C6H15N/c1-11(2,3)12(4)10-8-6-5-7-9-10;1-6(2,3)7(4)5/h5-9H,1-4H3;1-5H3. The first kappa shape index (κ1) is 18.0. The van der Waals surface area contributed by atoms with E-state index in [9.17, 15) is 0 Å². The summed E-state index contributed by atoms with van der Waals surface area (Å²) in [5, 5.41) is 0. The molecule has 0 aliphatic rings. The second kappa shape index (κ2) is 6.95. The summed E-state index contributed by atoms with van der Waals surface area (Å²) in [7, 11) is 6.29. The van der Waals surface area contributed by atoms with Crippen LogP contribution in [0.5, 0.6) is 0 Å². The molecular weight excluding hydrogens is 232 g/mol. The lowest BCUT2D eigenvalue weighted by Gasteiger charge is -2.34. The number of hydrogen-bond acceptors (Lipinski definition) is 2. The van der Waals surface area contributed by atoms with Gasteiger partial charge >= 0.3 is 0 Å². The molecule has 1 aromatic rings. The maximum atomic E-state index is 2.27. The molecule has 1 aromatic carbocycles. The predicted octanol–water partition coefficient (Wildman–Crippen LogP) is 4.27. The zero-order valence-electron chi connectivity index (χ0n) is 14.3. The summed E-state index contributed by atoms with van der Waals surface area (Å²) in [6.07, 6.45) is 0. The molecule has 19 heavy (non-hydrogen) atoms. The van der Waals surface area contributed by atoms with Crippen LogP contribution in [0.3, 0.4) is 0 Å². The smallest absolute Gasteiger partial charge is 0.0367 e. The molecule has 0 radical (unpaired) electrons. The fraction of sp³-hybridized carbons (Fsp3) is 0.647. The average molecular weight is 264 g/mol. The van der Waals surface area contributed by atoms with Gasteiger partial charge in [-0.15, -0.1) is 0 Å². The minimum absolute atomic E-state index is 0.196. The van der Waals surface area contributed by atoms with Crippen molar-refractivity contribution in [1.29, 1.82) is 0 Å². The molecule has 0 heterocycles. The zero-order valence-corrected chi connectivity index (χ0v) is 14.3. The third-order valence-electron chi connectivity index (χ3n) is 3.49. The number of anilines is 1. The molecule has 0 fully saturated rings. The molecule has 0 saturated carbocycles. The van der Waals surface area contributed by atoms with E-state index in [1.54, 1.807) is 0 Å². The van der Waals surface area contributed by atoms with Crippen molar-refractivity contribution in [2.75, 3.05) is 26.0 Å². The Kier molecular flexibility index (Phi) is 6.58. The van der Waals surface area contributed by atoms with Crippen molar-refractivity contribution in [2.45, 2.75) is 52.6 Å². The van der Waals surface area contributed by atoms with Gasteiger partial charge in [-0.2, -0.15) is 0 Å². The van der Waals surface area contributed by atoms with E-state index in [1.165, 1.54) is 5.69 Å². The van der Waals surface area contributed by atoms with E-state index >= 15 is 0 Å². The minimum atomic E-state index is 0.196. The van der Waals surface area contributed by atoms with Crippen LogP contribution in [0.2, 0.25) is 0 Å². The molecule has 0 aromatic heterocycles. The number of nitrogens with zero attached hydrogens (tertiary/aromatic N) is 2. The van der Waals surface area contributed by atoms with Crippen molar-refractivity contribution in [3.63, 3.8) is 0 Å². The van der Waals surface area contributed by atoms with Crippen LogP contribution in [0.25, 0.3) is 0 Å². The van der Waals surface area contributed by atoms with Gasteiger partial charge < -0.3 is 9.80 Å². The number of benzene rings is 1. The molecular formula is C17H32N2. The SMILES string of the molecule is CN(C)C(C)(C)C.CN(c1ccccc1)C(C)(C)C. The maximum absolute atomic E-state index is 2.27. The highest BCUT2D eigenvalue weighted by atomic mass is 15.2. The van der Waals surface area contributed by atoms with Gasteiger partial charge in [0, 0.05) is 23.8 Å². The third kappa shape index (κ3) is 7.22. The van der Waals surface area contributed by atoms with Crippen molar-refractivity contribution in [3.05, 3.63) is 30.3 Å². The van der Waals surface area contributed by atoms with Crippen LogP contribution in [0.15, 0.2) is 30.3 Å². The monoisotopic (exact) mass is 264 g/mol. The van der Waals surface area contributed by atoms with Crippen LogP contribution in [-0.2, 0) is 0 Å². The van der Waals surface area contributed by atoms with Crippen molar-refractivity contribution < 1.29 is 0 Å². The number of rotatable bonds is 1. The first-order chi connectivity index (χ1) is 8.46. The number of hydrogen-bond donors (Lipinski definition) is 0. The van der Waals surface area contributed by atoms with Gasteiger partial charge in [-0.25, -0.2) is 0 Å². The third-order valence-corrected chi connectivity index (χ3v) is 3.49. The Labute approximate surface area is 120 Å². The normalized spacial score (nSPS) is 11.9. The van der Waals surface area contributed by atoms with E-state index < -0.39 is 0 Å². The Hall–Kier alpha value is -1.02. The molecule has 0 spiro atoms. The van der Waals surface area contributed by atoms with Gasteiger partial charge in [0.2, 0.25) is 0 Å². The summed E-state index contributed by atoms with van der Waals surface area (Å²) in [5.41, 5.74) is 1.80. The second-order valence-electron chi connectivity index (χ2n) is 7.13. The number of para-hydroxylation sites is 1. The van der Waals surface area contributed by atoms with Crippen molar-refractivity contribution in [1.82, 2.24) is 4.90 Å². The van der Waals surface area contributed by atoms with Gasteiger partial charge in [-0.3, -0.25) is 0 Å². The summed E-state index contributed by atoms with van der Waals surface area (Å²) >= 11 is 0. The van der Waals surface area contributed by atoms with Crippen molar-refractivity contribution in [2.24, 2.45) is 0 Å². The van der Waals surface area contributed by atoms with Crippen LogP contribution in [-0.4, -0.2) is 37.1 Å². The van der Waals surface area contributed by atoms with E-state index in [1.807, 2.05) is 6.07 Å². The Morgan fingerprint density at radius 1 is 0.684 bits per heavy atom. The molecule has 1 rings (SSSR count). The van der Waals surface area contributed by atoms with Crippen LogP contribution in [0, 0.1) is 0 Å². The Morgan fingerprint density at radius 2 is 1.05 bits per heavy atom. The van der Waals surface area contributed by atoms with E-state index in [0.29, 0.717) is 5.54 Å². The molecule has 0 aliphatic carbocycles. The Balaban J connectivity index is 0.000000399. The molecule has 0 saturated heterocycles. The summed E-state index contributed by atoms with van der Waals surface area (Å²) in [6, 6.07) is 10.4. The highest BCUT2D eigenvalue weighted by molar-refractivity contribution is 5.47. The molecule has 0 bridgehead atoms. The van der Waals surface area contributed by atoms with E-state index in [0.717, 1.165) is 0 Å². The second-order valence-corrected chi connectivity index (χ2v) is 7.13. The van der Waals surface area contributed by atoms with Crippen LogP contribution in [0.1, 0.15) is 41.5 Å². The highest BCUT2D eigenvalue weighted by Crippen LogP contribution is 2.20. The largest absolute Gasteiger partial charge is 0.370 e. The lowest BCUT2D eigenvalue weighted by Crippen LogP contribution is -2.37. The predicted molar refractivity (Wildman–Crippen MR) is 88.0 cm³/mol. The van der Waals surface area contributed by atoms with E-state index in [4.69, 9.17) is 0 Å². The molecule has 0 unspecified atom stereocenters. The van der Waals surface area contributed by atoms with Crippen LogP contribution in [0.4, 0.5) is 5.69 Å². The first-order valence-electron chi connectivity index (χ1n) is 6.92. The van der Waals surface area contributed by atoms with Gasteiger partial charge in [0.05, 0.1) is 0 Å². The summed E-state index contributed by atoms with van der Waals surface area (Å²) in [5.74, 6) is 0. The Bertz CT molecular complexity index is 342. The average Bonchev–Trinajstić information content (AvgIpc) is 2.27. The fourth-order valence-electron chi connectivity index (χ4n) is 1.04. The summed E-state index contributed by atoms with van der Waals surface area (Å²) in [6.45, 7) is 13.2.